The Hall–Kier alpha value is -3.43. The molecule has 0 unspecified atom stereocenters. The van der Waals surface area contributed by atoms with Gasteiger partial charge in [0.25, 0.3) is 5.91 Å². The van der Waals surface area contributed by atoms with Crippen LogP contribution in [0.25, 0.3) is 11.1 Å². The molecular formula is C23H21ClN2O6S. The molecule has 0 saturated heterocycles. The number of anilines is 1. The van der Waals surface area contributed by atoms with Gasteiger partial charge in [0, 0.05) is 27.7 Å². The Bertz CT molecular complexity index is 1160. The summed E-state index contributed by atoms with van der Waals surface area (Å²) in [5.41, 5.74) is 1.45. The molecule has 0 fully saturated rings. The molecule has 1 aromatic carbocycles. The van der Waals surface area contributed by atoms with Gasteiger partial charge in [0.1, 0.15) is 16.1 Å². The van der Waals surface area contributed by atoms with Gasteiger partial charge >= 0.3 is 11.9 Å². The summed E-state index contributed by atoms with van der Waals surface area (Å²) in [7, 11) is 0. The molecule has 1 N–H and O–H groups in total. The summed E-state index contributed by atoms with van der Waals surface area (Å²) in [6.07, 6.45) is 1.48. The van der Waals surface area contributed by atoms with Crippen LogP contribution in [0.1, 0.15) is 34.6 Å². The molecule has 1 amide bonds. The van der Waals surface area contributed by atoms with Crippen LogP contribution in [0.5, 0.6) is 5.88 Å². The number of ether oxygens (including phenoxy) is 3. The first kappa shape index (κ1) is 24.2. The Morgan fingerprint density at radius 3 is 2.52 bits per heavy atom. The zero-order valence-electron chi connectivity index (χ0n) is 17.9. The molecule has 0 saturated carbocycles. The predicted octanol–water partition coefficient (Wildman–Crippen LogP) is 4.83. The van der Waals surface area contributed by atoms with Crippen molar-refractivity contribution in [1.29, 1.82) is 0 Å². The summed E-state index contributed by atoms with van der Waals surface area (Å²) in [6, 6.07) is 10.1. The first-order valence-corrected chi connectivity index (χ1v) is 11.3. The fourth-order valence-corrected chi connectivity index (χ4v) is 4.11. The van der Waals surface area contributed by atoms with Crippen LogP contribution < -0.4 is 10.1 Å². The normalized spacial score (nSPS) is 10.4. The van der Waals surface area contributed by atoms with E-state index in [4.69, 9.17) is 25.8 Å². The van der Waals surface area contributed by atoms with Crippen LogP contribution in [-0.2, 0) is 14.3 Å². The van der Waals surface area contributed by atoms with Crippen molar-refractivity contribution in [1.82, 2.24) is 4.98 Å². The second kappa shape index (κ2) is 11.4. The Morgan fingerprint density at radius 1 is 1.00 bits per heavy atom. The van der Waals surface area contributed by atoms with Gasteiger partial charge < -0.3 is 19.5 Å². The van der Waals surface area contributed by atoms with Crippen molar-refractivity contribution in [3.63, 3.8) is 0 Å². The van der Waals surface area contributed by atoms with E-state index in [1.807, 2.05) is 0 Å². The zero-order chi connectivity index (χ0) is 23.8. The Kier molecular flexibility index (Phi) is 8.39. The summed E-state index contributed by atoms with van der Waals surface area (Å²) in [5.74, 6) is -1.85. The summed E-state index contributed by atoms with van der Waals surface area (Å²) < 4.78 is 15.6. The van der Waals surface area contributed by atoms with Crippen molar-refractivity contribution < 1.29 is 28.6 Å². The number of carbonyl (C=O) groups is 3. The molecule has 0 aliphatic heterocycles. The van der Waals surface area contributed by atoms with Gasteiger partial charge in [-0.25, -0.2) is 14.6 Å². The second-order valence-electron chi connectivity index (χ2n) is 6.47. The predicted molar refractivity (Wildman–Crippen MR) is 125 cm³/mol. The van der Waals surface area contributed by atoms with E-state index >= 15 is 0 Å². The molecule has 2 heterocycles. The molecule has 0 radical (unpaired) electrons. The number of amides is 1. The fraction of sp³-hybridized carbons (Fsp3) is 0.217. The average Bonchev–Trinajstić information content (AvgIpc) is 3.21. The maximum absolute atomic E-state index is 12.6. The smallest absolute Gasteiger partial charge is 0.344 e. The second-order valence-corrected chi connectivity index (χ2v) is 7.75. The molecule has 0 aliphatic carbocycles. The highest BCUT2D eigenvalue weighted by molar-refractivity contribution is 7.15. The number of esters is 2. The third-order valence-electron chi connectivity index (χ3n) is 4.29. The molecule has 33 heavy (non-hydrogen) atoms. The van der Waals surface area contributed by atoms with Crippen LogP contribution in [0.15, 0.2) is 48.0 Å². The van der Waals surface area contributed by atoms with Crippen LogP contribution in [0, 0.1) is 0 Å². The molecule has 172 valence electrons. The van der Waals surface area contributed by atoms with Gasteiger partial charge in [-0.15, -0.1) is 11.3 Å². The molecule has 3 rings (SSSR count). The number of rotatable bonds is 9. The largest absolute Gasteiger partial charge is 0.477 e. The fourth-order valence-electron chi connectivity index (χ4n) is 2.90. The lowest BCUT2D eigenvalue weighted by Gasteiger charge is -2.10. The molecular weight excluding hydrogens is 468 g/mol. The highest BCUT2D eigenvalue weighted by Crippen LogP contribution is 2.39. The van der Waals surface area contributed by atoms with Gasteiger partial charge in [0.05, 0.1) is 13.2 Å². The number of aromatic nitrogens is 1. The standard InChI is InChI=1S/C23H21ClN2O6S/c1-3-30-20-15(9-7-11-25-20)22(28)32-12-18(27)26-21-19(23(29)31-4-2)16(13-33-21)14-8-5-6-10-17(14)24/h5-11,13H,3-4,12H2,1-2H3,(H,26,27). The monoisotopic (exact) mass is 488 g/mol. The van der Waals surface area contributed by atoms with Gasteiger partial charge in [0.2, 0.25) is 5.88 Å². The molecule has 0 spiro atoms. The minimum Gasteiger partial charge on any atom is -0.477 e. The number of hydrogen-bond donors (Lipinski definition) is 1. The SMILES string of the molecule is CCOC(=O)c1c(-c2ccccc2Cl)csc1NC(=O)COC(=O)c1cccnc1OCC. The van der Waals surface area contributed by atoms with E-state index < -0.39 is 24.5 Å². The minimum absolute atomic E-state index is 0.108. The lowest BCUT2D eigenvalue weighted by Crippen LogP contribution is -2.22. The number of carbonyl (C=O) groups excluding carboxylic acids is 3. The van der Waals surface area contributed by atoms with Gasteiger partial charge in [-0.1, -0.05) is 29.8 Å². The first-order chi connectivity index (χ1) is 16.0. The maximum atomic E-state index is 12.6. The maximum Gasteiger partial charge on any atom is 0.344 e. The molecule has 10 heteroatoms. The Balaban J connectivity index is 1.76. The van der Waals surface area contributed by atoms with Crippen LogP contribution in [0.4, 0.5) is 5.00 Å². The minimum atomic E-state index is -0.754. The third kappa shape index (κ3) is 5.88. The van der Waals surface area contributed by atoms with Crippen molar-refractivity contribution in [2.24, 2.45) is 0 Å². The van der Waals surface area contributed by atoms with Crippen molar-refractivity contribution >= 4 is 45.8 Å². The van der Waals surface area contributed by atoms with Crippen LogP contribution in [0.3, 0.4) is 0 Å². The lowest BCUT2D eigenvalue weighted by atomic mass is 10.0. The summed E-state index contributed by atoms with van der Waals surface area (Å²) in [4.78, 5) is 41.5. The molecule has 0 bridgehead atoms. The van der Waals surface area contributed by atoms with Crippen LogP contribution in [-0.4, -0.2) is 42.7 Å². The summed E-state index contributed by atoms with van der Waals surface area (Å²) in [6.45, 7) is 3.36. The Labute approximate surface area is 199 Å². The number of pyridine rings is 1. The highest BCUT2D eigenvalue weighted by Gasteiger charge is 2.24. The molecule has 0 aliphatic rings. The van der Waals surface area contributed by atoms with Crippen LogP contribution >= 0.6 is 22.9 Å². The van der Waals surface area contributed by atoms with Crippen molar-refractivity contribution in [2.75, 3.05) is 25.1 Å². The van der Waals surface area contributed by atoms with Crippen molar-refractivity contribution in [2.45, 2.75) is 13.8 Å². The molecule has 2 aromatic heterocycles. The lowest BCUT2D eigenvalue weighted by molar-refractivity contribution is -0.119. The van der Waals surface area contributed by atoms with E-state index in [2.05, 4.69) is 10.3 Å². The van der Waals surface area contributed by atoms with Gasteiger partial charge in [-0.05, 0) is 32.0 Å². The summed E-state index contributed by atoms with van der Waals surface area (Å²) in [5, 5.41) is 5.04. The molecule has 8 nitrogen and oxygen atoms in total. The van der Waals surface area contributed by atoms with Gasteiger partial charge in [-0.2, -0.15) is 0 Å². The zero-order valence-corrected chi connectivity index (χ0v) is 19.5. The van der Waals surface area contributed by atoms with E-state index in [0.29, 0.717) is 22.8 Å². The van der Waals surface area contributed by atoms with Gasteiger partial charge in [0.15, 0.2) is 6.61 Å². The molecule has 0 atom stereocenters. The van der Waals surface area contributed by atoms with E-state index in [0.717, 1.165) is 11.3 Å². The molecule has 3 aromatic rings. The number of nitrogens with zero attached hydrogens (tertiary/aromatic N) is 1. The van der Waals surface area contributed by atoms with E-state index in [1.54, 1.807) is 49.6 Å². The Morgan fingerprint density at radius 2 is 1.79 bits per heavy atom. The highest BCUT2D eigenvalue weighted by atomic mass is 35.5. The van der Waals surface area contributed by atoms with E-state index in [1.165, 1.54) is 12.3 Å². The number of thiophene rings is 1. The van der Waals surface area contributed by atoms with Crippen molar-refractivity contribution in [3.8, 4) is 17.0 Å². The number of benzene rings is 1. The first-order valence-electron chi connectivity index (χ1n) is 10.0. The van der Waals surface area contributed by atoms with E-state index in [-0.39, 0.29) is 28.6 Å². The number of hydrogen-bond acceptors (Lipinski definition) is 8. The third-order valence-corrected chi connectivity index (χ3v) is 5.52. The van der Waals surface area contributed by atoms with Crippen molar-refractivity contribution in [3.05, 3.63) is 64.1 Å². The quantitative estimate of drug-likeness (QED) is 0.430. The number of halogens is 1. The number of nitrogens with one attached hydrogen (secondary N) is 1. The van der Waals surface area contributed by atoms with Gasteiger partial charge in [-0.3, -0.25) is 4.79 Å². The van der Waals surface area contributed by atoms with Crippen LogP contribution in [0.2, 0.25) is 5.02 Å². The topological polar surface area (TPSA) is 104 Å². The summed E-state index contributed by atoms with van der Waals surface area (Å²) >= 11 is 7.44. The average molecular weight is 489 g/mol. The van der Waals surface area contributed by atoms with E-state index in [9.17, 15) is 14.4 Å².